The van der Waals surface area contributed by atoms with Crippen molar-refractivity contribution in [1.82, 2.24) is 5.32 Å². The fraction of sp³-hybridized carbons (Fsp3) is 0.677. The Hall–Kier alpha value is -2.40. The van der Waals surface area contributed by atoms with E-state index < -0.39 is 12.0 Å². The highest BCUT2D eigenvalue weighted by atomic mass is 16.5. The molecule has 4 rings (SSSR count). The first-order valence-corrected chi connectivity index (χ1v) is 14.4. The molecule has 2 fully saturated rings. The summed E-state index contributed by atoms with van der Waals surface area (Å²) < 4.78 is 5.28. The van der Waals surface area contributed by atoms with Crippen LogP contribution in [0.4, 0.5) is 0 Å². The summed E-state index contributed by atoms with van der Waals surface area (Å²) in [5.74, 6) is 7.29. The van der Waals surface area contributed by atoms with Crippen molar-refractivity contribution in [1.29, 1.82) is 0 Å². The number of ether oxygens (including phenoxy) is 1. The van der Waals surface area contributed by atoms with Crippen molar-refractivity contribution >= 4 is 11.6 Å². The van der Waals surface area contributed by atoms with Gasteiger partial charge in [0.1, 0.15) is 11.7 Å². The van der Waals surface area contributed by atoms with Crippen LogP contribution in [0.2, 0.25) is 0 Å². The van der Waals surface area contributed by atoms with Gasteiger partial charge in [-0.15, -0.1) is 0 Å². The molecule has 3 aliphatic rings. The minimum absolute atomic E-state index is 0.0323. The number of Topliss-reactive ketones (excluding diaryl/α,β-unsaturated/α-hetero) is 2. The average Bonchev–Trinajstić information content (AvgIpc) is 2.97. The van der Waals surface area contributed by atoms with Crippen molar-refractivity contribution in [2.24, 2.45) is 17.8 Å². The van der Waals surface area contributed by atoms with Crippen LogP contribution in [0.25, 0.3) is 0 Å². The van der Waals surface area contributed by atoms with Crippen molar-refractivity contribution in [3.05, 3.63) is 23.3 Å². The zero-order chi connectivity index (χ0) is 27.1. The number of unbranched alkanes of at least 4 members (excludes halogenated alkanes) is 1. The fourth-order valence-corrected chi connectivity index (χ4v) is 6.51. The second-order valence-electron chi connectivity index (χ2n) is 11.4. The molecule has 208 valence electrons. The van der Waals surface area contributed by atoms with Crippen molar-refractivity contribution < 1.29 is 29.6 Å². The summed E-state index contributed by atoms with van der Waals surface area (Å²) in [6.45, 7) is 0.996. The lowest BCUT2D eigenvalue weighted by Gasteiger charge is -2.39. The zero-order valence-corrected chi connectivity index (χ0v) is 22.6. The minimum Gasteiger partial charge on any atom is -0.504 e. The van der Waals surface area contributed by atoms with Gasteiger partial charge in [-0.2, -0.15) is 0 Å². The maximum Gasteiger partial charge on any atom is 0.160 e. The van der Waals surface area contributed by atoms with E-state index in [0.717, 1.165) is 49.8 Å². The van der Waals surface area contributed by atoms with Crippen LogP contribution < -0.4 is 10.1 Å². The molecular formula is C31H43NO6. The molecule has 1 heterocycles. The van der Waals surface area contributed by atoms with E-state index >= 15 is 0 Å². The van der Waals surface area contributed by atoms with E-state index in [2.05, 4.69) is 17.2 Å². The molecule has 6 atom stereocenters. The number of hydrogen-bond acceptors (Lipinski definition) is 7. The topological polar surface area (TPSA) is 116 Å². The third-order valence-corrected chi connectivity index (χ3v) is 8.73. The number of aliphatic hydroxyl groups excluding tert-OH is 2. The van der Waals surface area contributed by atoms with Gasteiger partial charge in [-0.3, -0.25) is 9.59 Å². The number of aryl methyl sites for hydroxylation is 1. The molecule has 0 aromatic heterocycles. The summed E-state index contributed by atoms with van der Waals surface area (Å²) >= 11 is 0. The van der Waals surface area contributed by atoms with Gasteiger partial charge in [-0.05, 0) is 86.6 Å². The van der Waals surface area contributed by atoms with Crippen LogP contribution in [-0.4, -0.2) is 59.3 Å². The molecular weight excluding hydrogens is 482 g/mol. The maximum absolute atomic E-state index is 13.1. The number of aliphatic hydroxyl groups is 2. The third-order valence-electron chi connectivity index (χ3n) is 8.73. The van der Waals surface area contributed by atoms with Gasteiger partial charge in [0.25, 0.3) is 0 Å². The Morgan fingerprint density at radius 1 is 1.11 bits per heavy atom. The molecule has 0 bridgehead atoms. The summed E-state index contributed by atoms with van der Waals surface area (Å²) in [4.78, 5) is 24.9. The fourth-order valence-electron chi connectivity index (χ4n) is 6.51. The smallest absolute Gasteiger partial charge is 0.160 e. The lowest BCUT2D eigenvalue weighted by atomic mass is 9.74. The van der Waals surface area contributed by atoms with E-state index in [1.165, 1.54) is 13.5 Å². The molecule has 7 heteroatoms. The van der Waals surface area contributed by atoms with E-state index in [-0.39, 0.29) is 30.5 Å². The quantitative estimate of drug-likeness (QED) is 0.272. The molecule has 1 aromatic carbocycles. The molecule has 7 nitrogen and oxygen atoms in total. The molecule has 4 N–H and O–H groups in total. The molecule has 38 heavy (non-hydrogen) atoms. The van der Waals surface area contributed by atoms with Gasteiger partial charge in [-0.1, -0.05) is 24.7 Å². The van der Waals surface area contributed by atoms with Gasteiger partial charge < -0.3 is 25.4 Å². The maximum atomic E-state index is 13.1. The van der Waals surface area contributed by atoms with Crippen molar-refractivity contribution in [3.8, 4) is 23.3 Å². The first kappa shape index (κ1) is 28.6. The van der Waals surface area contributed by atoms with E-state index in [1.54, 1.807) is 12.1 Å². The normalized spacial score (nSPS) is 28.1. The standard InChI is InChI=1S/C31H43NO6/c1-38-31-16-22-10-13-29(36)25(12-9-21(6-4-14-33)26(22)18-30(31)37)28(35)7-3-2-5-20-15-23-8-11-24(34)17-27(23)32-19-20/h16,18,20-21,23,25,27-28,32-33,35,37H,2-8,10-11,13-15,17,19H2,1H3/t20-,21-,23+,25-,27-,28-/m1/s1. The number of rotatable bonds is 10. The Bertz CT molecular complexity index is 1040. The summed E-state index contributed by atoms with van der Waals surface area (Å²) in [5.41, 5.74) is 1.77. The molecule has 1 saturated carbocycles. The van der Waals surface area contributed by atoms with Crippen LogP contribution in [0.1, 0.15) is 87.7 Å². The molecule has 0 unspecified atom stereocenters. The van der Waals surface area contributed by atoms with E-state index in [0.29, 0.717) is 61.5 Å². The Kier molecular flexibility index (Phi) is 10.2. The number of piperidine rings is 1. The summed E-state index contributed by atoms with van der Waals surface area (Å²) in [7, 11) is 1.50. The zero-order valence-electron chi connectivity index (χ0n) is 22.6. The average molecular weight is 526 g/mol. The van der Waals surface area contributed by atoms with E-state index in [1.807, 2.05) is 0 Å². The number of nitrogens with one attached hydrogen (secondary N) is 1. The number of aromatic hydroxyl groups is 1. The summed E-state index contributed by atoms with van der Waals surface area (Å²) in [5, 5.41) is 34.4. The molecule has 2 aliphatic carbocycles. The van der Waals surface area contributed by atoms with Gasteiger partial charge in [0.2, 0.25) is 0 Å². The van der Waals surface area contributed by atoms with Crippen LogP contribution in [0.5, 0.6) is 11.5 Å². The molecule has 0 radical (unpaired) electrons. The van der Waals surface area contributed by atoms with Gasteiger partial charge in [0.15, 0.2) is 17.3 Å². The van der Waals surface area contributed by atoms with E-state index in [9.17, 15) is 24.9 Å². The number of phenols is 1. The van der Waals surface area contributed by atoms with Crippen LogP contribution in [0, 0.1) is 29.6 Å². The van der Waals surface area contributed by atoms with Gasteiger partial charge >= 0.3 is 0 Å². The number of phenolic OH excluding ortho intramolecular Hbond substituents is 1. The minimum atomic E-state index is -0.809. The number of carbonyl (C=O) groups excluding carboxylic acids is 2. The highest BCUT2D eigenvalue weighted by Crippen LogP contribution is 2.37. The number of carbonyl (C=O) groups is 2. The molecule has 0 amide bonds. The lowest BCUT2D eigenvalue weighted by Crippen LogP contribution is -2.48. The SMILES string of the molecule is COc1cc2c(cc1O)[C@H](CCCO)C#C[C@H]([C@H](O)CCCC[C@H]1CN[C@@H]3CC(=O)CC[C@H]3C1)C(=O)CC2. The van der Waals surface area contributed by atoms with Crippen molar-refractivity contribution in [2.45, 2.75) is 95.1 Å². The van der Waals surface area contributed by atoms with Crippen LogP contribution >= 0.6 is 0 Å². The van der Waals surface area contributed by atoms with E-state index in [4.69, 9.17) is 4.74 Å². The van der Waals surface area contributed by atoms with Gasteiger partial charge in [-0.25, -0.2) is 0 Å². The van der Waals surface area contributed by atoms with Crippen LogP contribution in [0.3, 0.4) is 0 Å². The Balaban J connectivity index is 1.34. The van der Waals surface area contributed by atoms with Crippen LogP contribution in [0.15, 0.2) is 12.1 Å². The third kappa shape index (κ3) is 7.16. The van der Waals surface area contributed by atoms with Gasteiger partial charge in [0, 0.05) is 37.8 Å². The number of fused-ring (bicyclic) bond motifs is 2. The number of methoxy groups -OCH3 is 1. The monoisotopic (exact) mass is 525 g/mol. The summed E-state index contributed by atoms with van der Waals surface area (Å²) in [6.07, 6.45) is 8.14. The van der Waals surface area contributed by atoms with Crippen molar-refractivity contribution in [2.75, 3.05) is 20.3 Å². The highest BCUT2D eigenvalue weighted by molar-refractivity contribution is 5.85. The predicted molar refractivity (Wildman–Crippen MR) is 145 cm³/mol. The Morgan fingerprint density at radius 3 is 2.74 bits per heavy atom. The first-order chi connectivity index (χ1) is 18.4. The highest BCUT2D eigenvalue weighted by Gasteiger charge is 2.34. The Labute approximate surface area is 226 Å². The van der Waals surface area contributed by atoms with Gasteiger partial charge in [0.05, 0.1) is 13.2 Å². The second-order valence-corrected chi connectivity index (χ2v) is 11.4. The van der Waals surface area contributed by atoms with Crippen molar-refractivity contribution in [3.63, 3.8) is 0 Å². The first-order valence-electron chi connectivity index (χ1n) is 14.4. The number of ketones is 2. The Morgan fingerprint density at radius 2 is 1.95 bits per heavy atom. The summed E-state index contributed by atoms with van der Waals surface area (Å²) in [6, 6.07) is 3.80. The molecule has 1 aromatic rings. The second kappa shape index (κ2) is 13.6. The number of benzene rings is 1. The molecule has 0 spiro atoms. The largest absolute Gasteiger partial charge is 0.504 e. The lowest BCUT2D eigenvalue weighted by molar-refractivity contribution is -0.124. The predicted octanol–water partition coefficient (Wildman–Crippen LogP) is 3.66. The molecule has 1 saturated heterocycles. The molecule has 1 aliphatic heterocycles. The number of hydrogen-bond donors (Lipinski definition) is 4. The van der Waals surface area contributed by atoms with Crippen LogP contribution in [-0.2, 0) is 16.0 Å².